The van der Waals surface area contributed by atoms with Crippen molar-refractivity contribution in [2.75, 3.05) is 0 Å². The maximum atomic E-state index is 5.14. The zero-order chi connectivity index (χ0) is 33.0. The van der Waals surface area contributed by atoms with Crippen molar-refractivity contribution in [3.63, 3.8) is 0 Å². The van der Waals surface area contributed by atoms with Crippen molar-refractivity contribution in [1.82, 2.24) is 19.1 Å². The Bertz CT molecular complexity index is 2770. The lowest BCUT2D eigenvalue weighted by Gasteiger charge is -2.12. The van der Waals surface area contributed by atoms with Gasteiger partial charge in [-0.05, 0) is 66.2 Å². The fourth-order valence-electron chi connectivity index (χ4n) is 7.43. The first-order valence-electron chi connectivity index (χ1n) is 16.9. The lowest BCUT2D eigenvalue weighted by atomic mass is 10.0. The molecule has 0 saturated carbocycles. The molecule has 0 fully saturated rings. The molecule has 0 aliphatic carbocycles. The normalized spacial score (nSPS) is 11.6. The molecule has 6 aromatic carbocycles. The zero-order valence-corrected chi connectivity index (χ0v) is 27.1. The summed E-state index contributed by atoms with van der Waals surface area (Å²) in [7, 11) is 0. The lowest BCUT2D eigenvalue weighted by molar-refractivity contribution is 1.08. The van der Waals surface area contributed by atoms with Crippen molar-refractivity contribution in [2.45, 2.75) is 0 Å². The molecule has 50 heavy (non-hydrogen) atoms. The van der Waals surface area contributed by atoms with E-state index in [1.807, 2.05) is 18.3 Å². The van der Waals surface area contributed by atoms with E-state index in [0.29, 0.717) is 0 Å². The van der Waals surface area contributed by atoms with Crippen molar-refractivity contribution in [3.05, 3.63) is 182 Å². The molecule has 0 atom stereocenters. The first-order chi connectivity index (χ1) is 24.8. The van der Waals surface area contributed by atoms with E-state index < -0.39 is 0 Å². The highest BCUT2D eigenvalue weighted by atomic mass is 15.1. The van der Waals surface area contributed by atoms with Gasteiger partial charge >= 0.3 is 0 Å². The van der Waals surface area contributed by atoms with Crippen LogP contribution in [0, 0.1) is 0 Å². The molecule has 4 heteroatoms. The van der Waals surface area contributed by atoms with Gasteiger partial charge in [-0.2, -0.15) is 0 Å². The molecule has 10 rings (SSSR count). The molecule has 0 saturated heterocycles. The minimum atomic E-state index is 0.877. The molecule has 0 spiro atoms. The molecule has 0 unspecified atom stereocenters. The number of rotatable bonds is 5. The standard InChI is InChI=1S/C46H30N4/c1-4-14-31(15-5-1)40-26-34(27-41(48-40)32-16-6-2-7-17-32)33-24-25-46(47-30-33)50-43-23-13-11-21-37(43)39-28-38-36-20-10-12-22-42(36)49(44(38)29-45(39)50)35-18-8-3-9-19-35/h1-30H. The van der Waals surface area contributed by atoms with E-state index in [9.17, 15) is 0 Å². The molecule has 0 aliphatic heterocycles. The number of pyridine rings is 2. The second-order valence-electron chi connectivity index (χ2n) is 12.7. The van der Waals surface area contributed by atoms with Crippen LogP contribution in [0.15, 0.2) is 182 Å². The summed E-state index contributed by atoms with van der Waals surface area (Å²) >= 11 is 0. The highest BCUT2D eigenvalue weighted by Crippen LogP contribution is 2.39. The van der Waals surface area contributed by atoms with Crippen molar-refractivity contribution < 1.29 is 0 Å². The third-order valence-corrected chi connectivity index (χ3v) is 9.76. The van der Waals surface area contributed by atoms with Crippen LogP contribution in [0.2, 0.25) is 0 Å². The fourth-order valence-corrected chi connectivity index (χ4v) is 7.43. The minimum Gasteiger partial charge on any atom is -0.309 e. The quantitative estimate of drug-likeness (QED) is 0.188. The fraction of sp³-hybridized carbons (Fsp3) is 0. The maximum absolute atomic E-state index is 5.14. The highest BCUT2D eigenvalue weighted by molar-refractivity contribution is 6.19. The van der Waals surface area contributed by atoms with E-state index in [2.05, 4.69) is 173 Å². The van der Waals surface area contributed by atoms with Crippen LogP contribution in [-0.2, 0) is 0 Å². The summed E-state index contributed by atoms with van der Waals surface area (Å²) in [4.78, 5) is 10.2. The molecule has 0 N–H and O–H groups in total. The zero-order valence-electron chi connectivity index (χ0n) is 27.1. The van der Waals surface area contributed by atoms with E-state index in [1.54, 1.807) is 0 Å². The number of aromatic nitrogens is 4. The Kier molecular flexibility index (Phi) is 6.46. The third kappa shape index (κ3) is 4.54. The predicted octanol–water partition coefficient (Wildman–Crippen LogP) is 11.7. The average Bonchev–Trinajstić information content (AvgIpc) is 3.70. The average molecular weight is 639 g/mol. The summed E-state index contributed by atoms with van der Waals surface area (Å²) in [5.41, 5.74) is 11.9. The Morgan fingerprint density at radius 2 is 0.860 bits per heavy atom. The van der Waals surface area contributed by atoms with Crippen LogP contribution in [0.4, 0.5) is 0 Å². The molecular weight excluding hydrogens is 609 g/mol. The number of hydrogen-bond donors (Lipinski definition) is 0. The highest BCUT2D eigenvalue weighted by Gasteiger charge is 2.19. The van der Waals surface area contributed by atoms with Crippen LogP contribution in [0.25, 0.3) is 88.8 Å². The Hall–Kier alpha value is -6.78. The summed E-state index contributed by atoms with van der Waals surface area (Å²) in [6, 6.07) is 62.1. The van der Waals surface area contributed by atoms with Gasteiger partial charge < -0.3 is 4.57 Å². The third-order valence-electron chi connectivity index (χ3n) is 9.76. The first-order valence-corrected chi connectivity index (χ1v) is 16.9. The lowest BCUT2D eigenvalue weighted by Crippen LogP contribution is -1.98. The van der Waals surface area contributed by atoms with Gasteiger partial charge in [-0.1, -0.05) is 115 Å². The largest absolute Gasteiger partial charge is 0.309 e. The Labute approximate surface area is 289 Å². The van der Waals surface area contributed by atoms with Crippen LogP contribution < -0.4 is 0 Å². The molecule has 234 valence electrons. The van der Waals surface area contributed by atoms with E-state index in [4.69, 9.17) is 9.97 Å². The summed E-state index contributed by atoms with van der Waals surface area (Å²) in [6.07, 6.45) is 1.99. The number of nitrogens with zero attached hydrogens (tertiary/aromatic N) is 4. The van der Waals surface area contributed by atoms with Crippen LogP contribution in [0.5, 0.6) is 0 Å². The Balaban J connectivity index is 1.17. The summed E-state index contributed by atoms with van der Waals surface area (Å²) < 4.78 is 4.68. The van der Waals surface area contributed by atoms with Crippen molar-refractivity contribution in [1.29, 1.82) is 0 Å². The molecular formula is C46H30N4. The topological polar surface area (TPSA) is 35.6 Å². The Morgan fingerprint density at radius 1 is 0.340 bits per heavy atom. The minimum absolute atomic E-state index is 0.877. The van der Waals surface area contributed by atoms with Gasteiger partial charge in [0, 0.05) is 50.1 Å². The van der Waals surface area contributed by atoms with Gasteiger partial charge in [-0.15, -0.1) is 0 Å². The van der Waals surface area contributed by atoms with Gasteiger partial charge in [-0.3, -0.25) is 4.57 Å². The van der Waals surface area contributed by atoms with Gasteiger partial charge in [0.25, 0.3) is 0 Å². The SMILES string of the molecule is c1ccc(-c2cc(-c3ccc(-n4c5ccccc5c5cc6c7ccccc7n(-c7ccccc7)c6cc54)nc3)cc(-c3ccccc3)n2)cc1. The summed E-state index contributed by atoms with van der Waals surface area (Å²) in [5, 5.41) is 4.91. The molecule has 0 bridgehead atoms. The summed E-state index contributed by atoms with van der Waals surface area (Å²) in [5.74, 6) is 0.877. The monoisotopic (exact) mass is 638 g/mol. The maximum Gasteiger partial charge on any atom is 0.137 e. The van der Waals surface area contributed by atoms with Gasteiger partial charge in [0.2, 0.25) is 0 Å². The van der Waals surface area contributed by atoms with Crippen LogP contribution in [0.1, 0.15) is 0 Å². The van der Waals surface area contributed by atoms with E-state index in [1.165, 1.54) is 32.6 Å². The van der Waals surface area contributed by atoms with Crippen molar-refractivity contribution >= 4 is 43.6 Å². The van der Waals surface area contributed by atoms with Gasteiger partial charge in [0.05, 0.1) is 33.5 Å². The van der Waals surface area contributed by atoms with Gasteiger partial charge in [0.1, 0.15) is 5.82 Å². The van der Waals surface area contributed by atoms with E-state index in [0.717, 1.165) is 56.2 Å². The molecule has 0 radical (unpaired) electrons. The molecule has 4 heterocycles. The Morgan fingerprint density at radius 3 is 1.44 bits per heavy atom. The smallest absolute Gasteiger partial charge is 0.137 e. The first kappa shape index (κ1) is 28.3. The predicted molar refractivity (Wildman–Crippen MR) is 207 cm³/mol. The summed E-state index contributed by atoms with van der Waals surface area (Å²) in [6.45, 7) is 0. The van der Waals surface area contributed by atoms with Gasteiger partial charge in [-0.25, -0.2) is 9.97 Å². The van der Waals surface area contributed by atoms with E-state index >= 15 is 0 Å². The molecule has 10 aromatic rings. The molecule has 0 amide bonds. The molecule has 0 aliphatic rings. The molecule has 4 aromatic heterocycles. The second-order valence-corrected chi connectivity index (χ2v) is 12.7. The number of fused-ring (bicyclic) bond motifs is 6. The van der Waals surface area contributed by atoms with Crippen LogP contribution >= 0.6 is 0 Å². The number of hydrogen-bond acceptors (Lipinski definition) is 2. The van der Waals surface area contributed by atoms with Crippen LogP contribution in [0.3, 0.4) is 0 Å². The second kappa shape index (κ2) is 11.4. The van der Waals surface area contributed by atoms with Crippen LogP contribution in [-0.4, -0.2) is 19.1 Å². The number of benzene rings is 6. The van der Waals surface area contributed by atoms with Crippen molar-refractivity contribution in [2.24, 2.45) is 0 Å². The number of para-hydroxylation sites is 3. The molecule has 4 nitrogen and oxygen atoms in total. The van der Waals surface area contributed by atoms with E-state index in [-0.39, 0.29) is 0 Å². The van der Waals surface area contributed by atoms with Gasteiger partial charge in [0.15, 0.2) is 0 Å². The van der Waals surface area contributed by atoms with Crippen molar-refractivity contribution in [3.8, 4) is 45.1 Å².